The maximum Gasteiger partial charge on any atom is 0.144 e. The van der Waals surface area contributed by atoms with Gasteiger partial charge in [-0.3, -0.25) is 4.79 Å². The van der Waals surface area contributed by atoms with Gasteiger partial charge in [-0.1, -0.05) is 56.5 Å². The Kier molecular flexibility index (Phi) is 5.15. The number of carbonyl (C=O) groups excluding carboxylic acids is 1. The summed E-state index contributed by atoms with van der Waals surface area (Å²) < 4.78 is 0. The van der Waals surface area contributed by atoms with E-state index in [0.29, 0.717) is 18.2 Å². The standard InChI is InChI=1S/C17H25NO/c1-2-13-8-6-7-11-15(13)17(19)16(12-18)14-9-4-3-5-10-14/h3-5,9-10,13,15-16H,2,6-8,11-12,18H2,1H3. The number of rotatable bonds is 5. The van der Waals surface area contributed by atoms with Crippen LogP contribution in [0.25, 0.3) is 0 Å². The third kappa shape index (κ3) is 3.24. The molecule has 1 fully saturated rings. The fraction of sp³-hybridized carbons (Fsp3) is 0.588. The minimum absolute atomic E-state index is 0.113. The lowest BCUT2D eigenvalue weighted by Crippen LogP contribution is -2.33. The van der Waals surface area contributed by atoms with Gasteiger partial charge in [0, 0.05) is 12.5 Å². The highest BCUT2D eigenvalue weighted by Crippen LogP contribution is 2.36. The van der Waals surface area contributed by atoms with E-state index in [1.807, 2.05) is 30.3 Å². The summed E-state index contributed by atoms with van der Waals surface area (Å²) in [4.78, 5) is 12.8. The highest BCUT2D eigenvalue weighted by Gasteiger charge is 2.33. The lowest BCUT2D eigenvalue weighted by Gasteiger charge is -2.32. The van der Waals surface area contributed by atoms with Gasteiger partial charge in [-0.2, -0.15) is 0 Å². The van der Waals surface area contributed by atoms with E-state index in [4.69, 9.17) is 5.73 Å². The topological polar surface area (TPSA) is 43.1 Å². The van der Waals surface area contributed by atoms with E-state index in [2.05, 4.69) is 6.92 Å². The smallest absolute Gasteiger partial charge is 0.144 e. The number of hydrogen-bond acceptors (Lipinski definition) is 2. The first-order valence-electron chi connectivity index (χ1n) is 7.56. The number of benzene rings is 1. The monoisotopic (exact) mass is 259 g/mol. The van der Waals surface area contributed by atoms with Crippen LogP contribution >= 0.6 is 0 Å². The SMILES string of the molecule is CCC1CCCCC1C(=O)C(CN)c1ccccc1. The molecule has 0 bridgehead atoms. The van der Waals surface area contributed by atoms with Crippen molar-refractivity contribution >= 4 is 5.78 Å². The summed E-state index contributed by atoms with van der Waals surface area (Å²) in [5, 5.41) is 0. The van der Waals surface area contributed by atoms with Crippen LogP contribution in [0.3, 0.4) is 0 Å². The second-order valence-electron chi connectivity index (χ2n) is 5.66. The van der Waals surface area contributed by atoms with Crippen LogP contribution in [-0.4, -0.2) is 12.3 Å². The van der Waals surface area contributed by atoms with Gasteiger partial charge in [0.25, 0.3) is 0 Å². The highest BCUT2D eigenvalue weighted by atomic mass is 16.1. The average molecular weight is 259 g/mol. The van der Waals surface area contributed by atoms with E-state index in [1.54, 1.807) is 0 Å². The summed E-state index contributed by atoms with van der Waals surface area (Å²) in [6.45, 7) is 2.63. The Morgan fingerprint density at radius 2 is 1.95 bits per heavy atom. The molecule has 104 valence electrons. The molecule has 1 aliphatic carbocycles. The van der Waals surface area contributed by atoms with E-state index in [0.717, 1.165) is 18.4 Å². The van der Waals surface area contributed by atoms with Gasteiger partial charge >= 0.3 is 0 Å². The van der Waals surface area contributed by atoms with E-state index in [-0.39, 0.29) is 11.8 Å². The Bertz CT molecular complexity index is 401. The molecular weight excluding hydrogens is 234 g/mol. The fourth-order valence-electron chi connectivity index (χ4n) is 3.43. The fourth-order valence-corrected chi connectivity index (χ4v) is 3.43. The van der Waals surface area contributed by atoms with Crippen LogP contribution in [0.4, 0.5) is 0 Å². The minimum Gasteiger partial charge on any atom is -0.329 e. The van der Waals surface area contributed by atoms with E-state index in [1.165, 1.54) is 19.3 Å². The van der Waals surface area contributed by atoms with Crippen LogP contribution in [0.15, 0.2) is 30.3 Å². The molecule has 0 saturated heterocycles. The van der Waals surface area contributed by atoms with Gasteiger partial charge in [-0.15, -0.1) is 0 Å². The first-order valence-corrected chi connectivity index (χ1v) is 7.56. The minimum atomic E-state index is -0.113. The third-order valence-electron chi connectivity index (χ3n) is 4.58. The molecule has 1 aromatic rings. The second kappa shape index (κ2) is 6.85. The van der Waals surface area contributed by atoms with Crippen molar-refractivity contribution in [3.05, 3.63) is 35.9 Å². The zero-order valence-corrected chi connectivity index (χ0v) is 11.8. The lowest BCUT2D eigenvalue weighted by molar-refractivity contribution is -0.127. The van der Waals surface area contributed by atoms with Crippen LogP contribution in [-0.2, 0) is 4.79 Å². The molecule has 2 nitrogen and oxygen atoms in total. The van der Waals surface area contributed by atoms with Gasteiger partial charge in [0.15, 0.2) is 0 Å². The summed E-state index contributed by atoms with van der Waals surface area (Å²) in [6.07, 6.45) is 5.85. The molecule has 3 unspecified atom stereocenters. The summed E-state index contributed by atoms with van der Waals surface area (Å²) in [6, 6.07) is 10.0. The molecule has 1 aromatic carbocycles. The van der Waals surface area contributed by atoms with Crippen molar-refractivity contribution in [3.63, 3.8) is 0 Å². The Morgan fingerprint density at radius 1 is 1.26 bits per heavy atom. The van der Waals surface area contributed by atoms with Crippen LogP contribution in [0.1, 0.15) is 50.5 Å². The number of carbonyl (C=O) groups is 1. The van der Waals surface area contributed by atoms with Crippen molar-refractivity contribution in [2.24, 2.45) is 17.6 Å². The zero-order valence-electron chi connectivity index (χ0n) is 11.8. The summed E-state index contributed by atoms with van der Waals surface area (Å²) in [5.74, 6) is 1.06. The van der Waals surface area contributed by atoms with Crippen molar-refractivity contribution in [1.82, 2.24) is 0 Å². The largest absolute Gasteiger partial charge is 0.329 e. The Morgan fingerprint density at radius 3 is 2.58 bits per heavy atom. The number of ketones is 1. The molecule has 19 heavy (non-hydrogen) atoms. The quantitative estimate of drug-likeness (QED) is 0.879. The molecule has 1 saturated carbocycles. The summed E-state index contributed by atoms with van der Waals surface area (Å²) in [7, 11) is 0. The zero-order chi connectivity index (χ0) is 13.7. The van der Waals surface area contributed by atoms with Crippen LogP contribution < -0.4 is 5.73 Å². The molecule has 3 atom stereocenters. The van der Waals surface area contributed by atoms with Gasteiger partial charge in [-0.05, 0) is 24.3 Å². The van der Waals surface area contributed by atoms with Crippen molar-refractivity contribution in [3.8, 4) is 0 Å². The molecule has 0 heterocycles. The third-order valence-corrected chi connectivity index (χ3v) is 4.58. The average Bonchev–Trinajstić information content (AvgIpc) is 2.49. The summed E-state index contributed by atoms with van der Waals surface area (Å²) in [5.41, 5.74) is 6.96. The van der Waals surface area contributed by atoms with Crippen molar-refractivity contribution in [2.45, 2.75) is 44.9 Å². The van der Waals surface area contributed by atoms with Crippen LogP contribution in [0, 0.1) is 11.8 Å². The Balaban J connectivity index is 2.16. The molecule has 0 aliphatic heterocycles. The van der Waals surface area contributed by atoms with E-state index in [9.17, 15) is 4.79 Å². The van der Waals surface area contributed by atoms with Gasteiger partial charge in [0.2, 0.25) is 0 Å². The predicted octanol–water partition coefficient (Wildman–Crippen LogP) is 3.51. The van der Waals surface area contributed by atoms with Crippen molar-refractivity contribution < 1.29 is 4.79 Å². The maximum absolute atomic E-state index is 12.8. The normalized spacial score (nSPS) is 24.9. The Hall–Kier alpha value is -1.15. The molecule has 0 aromatic heterocycles. The first kappa shape index (κ1) is 14.3. The maximum atomic E-state index is 12.8. The molecule has 0 radical (unpaired) electrons. The molecular formula is C17H25NO. The van der Waals surface area contributed by atoms with E-state index >= 15 is 0 Å². The Labute approximate surface area is 116 Å². The molecule has 2 rings (SSSR count). The first-order chi connectivity index (χ1) is 9.27. The van der Waals surface area contributed by atoms with Gasteiger partial charge in [-0.25, -0.2) is 0 Å². The summed E-state index contributed by atoms with van der Waals surface area (Å²) >= 11 is 0. The van der Waals surface area contributed by atoms with Crippen LogP contribution in [0.5, 0.6) is 0 Å². The second-order valence-corrected chi connectivity index (χ2v) is 5.66. The molecule has 0 spiro atoms. The number of Topliss-reactive ketones (excluding diaryl/α,β-unsaturated/α-hetero) is 1. The van der Waals surface area contributed by atoms with Crippen molar-refractivity contribution in [2.75, 3.05) is 6.54 Å². The lowest BCUT2D eigenvalue weighted by atomic mass is 9.72. The van der Waals surface area contributed by atoms with Gasteiger partial charge in [0.05, 0.1) is 5.92 Å². The number of hydrogen-bond donors (Lipinski definition) is 1. The molecule has 2 heteroatoms. The van der Waals surface area contributed by atoms with Crippen molar-refractivity contribution in [1.29, 1.82) is 0 Å². The van der Waals surface area contributed by atoms with Crippen LogP contribution in [0.2, 0.25) is 0 Å². The van der Waals surface area contributed by atoms with Gasteiger partial charge in [0.1, 0.15) is 5.78 Å². The highest BCUT2D eigenvalue weighted by molar-refractivity contribution is 5.88. The molecule has 0 amide bonds. The van der Waals surface area contributed by atoms with Gasteiger partial charge < -0.3 is 5.73 Å². The predicted molar refractivity (Wildman–Crippen MR) is 79.0 cm³/mol. The van der Waals surface area contributed by atoms with E-state index < -0.39 is 0 Å². The molecule has 1 aliphatic rings. The molecule has 2 N–H and O–H groups in total. The number of nitrogens with two attached hydrogens (primary N) is 1.